The Morgan fingerprint density at radius 1 is 1.05 bits per heavy atom. The Bertz CT molecular complexity index is 347. The van der Waals surface area contributed by atoms with E-state index in [1.54, 1.807) is 0 Å². The van der Waals surface area contributed by atoms with Crippen LogP contribution >= 0.6 is 0 Å². The van der Waals surface area contributed by atoms with Crippen molar-refractivity contribution >= 4 is 0 Å². The van der Waals surface area contributed by atoms with Crippen LogP contribution in [0, 0.1) is 0 Å². The molecule has 3 heteroatoms. The second-order valence-electron chi connectivity index (χ2n) is 5.10. The molecule has 0 radical (unpaired) electrons. The molecule has 0 amide bonds. The summed E-state index contributed by atoms with van der Waals surface area (Å²) in [7, 11) is 0. The van der Waals surface area contributed by atoms with Crippen LogP contribution in [0.2, 0.25) is 0 Å². The third-order valence-electron chi connectivity index (χ3n) is 3.76. The molecule has 0 bridgehead atoms. The summed E-state index contributed by atoms with van der Waals surface area (Å²) >= 11 is 0. The molecule has 0 spiro atoms. The average molecular weight is 278 g/mol. The smallest absolute Gasteiger partial charge is 0.119 e. The highest BCUT2D eigenvalue weighted by Gasteiger charge is 2.15. The molecular formula is C17H30N2O. The summed E-state index contributed by atoms with van der Waals surface area (Å²) in [5.74, 6) is 0.958. The van der Waals surface area contributed by atoms with Crippen molar-refractivity contribution in [1.82, 2.24) is 4.90 Å². The third kappa shape index (κ3) is 5.14. The first-order valence-electron chi connectivity index (χ1n) is 7.93. The Kier molecular flexibility index (Phi) is 8.31. The lowest BCUT2D eigenvalue weighted by Gasteiger charge is -2.29. The SMILES string of the molecule is CCCCCOc1ccc(C(CN)N(CC)CC)cc1. The molecule has 1 rings (SSSR count). The maximum atomic E-state index is 5.94. The van der Waals surface area contributed by atoms with Crippen LogP contribution < -0.4 is 10.5 Å². The lowest BCUT2D eigenvalue weighted by Crippen LogP contribution is -2.33. The molecule has 0 fully saturated rings. The van der Waals surface area contributed by atoms with Gasteiger partial charge in [0.25, 0.3) is 0 Å². The van der Waals surface area contributed by atoms with Gasteiger partial charge in [-0.05, 0) is 37.2 Å². The van der Waals surface area contributed by atoms with Crippen molar-refractivity contribution in [3.05, 3.63) is 29.8 Å². The van der Waals surface area contributed by atoms with Crippen LogP contribution in [0.4, 0.5) is 0 Å². The molecule has 0 aromatic heterocycles. The lowest BCUT2D eigenvalue weighted by molar-refractivity contribution is 0.224. The number of hydrogen-bond acceptors (Lipinski definition) is 3. The summed E-state index contributed by atoms with van der Waals surface area (Å²) in [6.45, 7) is 10.1. The summed E-state index contributed by atoms with van der Waals surface area (Å²) in [5.41, 5.74) is 7.21. The number of nitrogens with zero attached hydrogens (tertiary/aromatic N) is 1. The van der Waals surface area contributed by atoms with Gasteiger partial charge in [0.2, 0.25) is 0 Å². The largest absolute Gasteiger partial charge is 0.494 e. The molecule has 1 unspecified atom stereocenters. The minimum Gasteiger partial charge on any atom is -0.494 e. The Labute approximate surface area is 124 Å². The molecule has 0 aliphatic carbocycles. The quantitative estimate of drug-likeness (QED) is 0.665. The van der Waals surface area contributed by atoms with Crippen LogP contribution in [0.15, 0.2) is 24.3 Å². The summed E-state index contributed by atoms with van der Waals surface area (Å²) in [4.78, 5) is 2.39. The number of unbranched alkanes of at least 4 members (excludes halogenated alkanes) is 2. The molecule has 20 heavy (non-hydrogen) atoms. The first-order valence-corrected chi connectivity index (χ1v) is 7.93. The summed E-state index contributed by atoms with van der Waals surface area (Å²) in [6, 6.07) is 8.72. The van der Waals surface area contributed by atoms with E-state index in [0.29, 0.717) is 12.6 Å². The number of benzene rings is 1. The number of nitrogens with two attached hydrogens (primary N) is 1. The van der Waals surface area contributed by atoms with Crippen molar-refractivity contribution < 1.29 is 4.74 Å². The van der Waals surface area contributed by atoms with Gasteiger partial charge >= 0.3 is 0 Å². The Morgan fingerprint density at radius 2 is 1.70 bits per heavy atom. The Hall–Kier alpha value is -1.06. The van der Waals surface area contributed by atoms with Gasteiger partial charge in [-0.25, -0.2) is 0 Å². The minimum absolute atomic E-state index is 0.305. The molecule has 0 heterocycles. The number of hydrogen-bond donors (Lipinski definition) is 1. The summed E-state index contributed by atoms with van der Waals surface area (Å²) < 4.78 is 5.74. The molecule has 0 aliphatic rings. The molecule has 0 saturated heterocycles. The predicted octanol–water partition coefficient (Wildman–Crippen LogP) is 3.60. The number of ether oxygens (including phenoxy) is 1. The number of rotatable bonds is 10. The summed E-state index contributed by atoms with van der Waals surface area (Å²) in [6.07, 6.45) is 3.59. The molecule has 1 atom stereocenters. The van der Waals surface area contributed by atoms with E-state index in [0.717, 1.165) is 31.9 Å². The Balaban J connectivity index is 2.59. The van der Waals surface area contributed by atoms with E-state index in [-0.39, 0.29) is 0 Å². The standard InChI is InChI=1S/C17H30N2O/c1-4-7-8-13-20-16-11-9-15(10-12-16)17(14-18)19(5-2)6-3/h9-12,17H,4-8,13-14,18H2,1-3H3. The van der Waals surface area contributed by atoms with E-state index < -0.39 is 0 Å². The highest BCUT2D eigenvalue weighted by molar-refractivity contribution is 5.29. The fraction of sp³-hybridized carbons (Fsp3) is 0.647. The van der Waals surface area contributed by atoms with E-state index in [1.165, 1.54) is 18.4 Å². The molecule has 1 aromatic carbocycles. The van der Waals surface area contributed by atoms with E-state index in [2.05, 4.69) is 49.9 Å². The van der Waals surface area contributed by atoms with Gasteiger partial charge in [-0.2, -0.15) is 0 Å². The van der Waals surface area contributed by atoms with E-state index in [4.69, 9.17) is 10.5 Å². The van der Waals surface area contributed by atoms with Gasteiger partial charge in [-0.1, -0.05) is 45.7 Å². The Morgan fingerprint density at radius 3 is 2.20 bits per heavy atom. The second-order valence-corrected chi connectivity index (χ2v) is 5.10. The molecular weight excluding hydrogens is 248 g/mol. The molecule has 0 aliphatic heterocycles. The first-order chi connectivity index (χ1) is 9.76. The minimum atomic E-state index is 0.305. The van der Waals surface area contributed by atoms with Gasteiger partial charge in [0, 0.05) is 12.6 Å². The molecule has 2 N–H and O–H groups in total. The number of likely N-dealkylation sites (N-methyl/N-ethyl adjacent to an activating group) is 1. The van der Waals surface area contributed by atoms with Crippen molar-refractivity contribution in [3.8, 4) is 5.75 Å². The summed E-state index contributed by atoms with van der Waals surface area (Å²) in [5, 5.41) is 0. The van der Waals surface area contributed by atoms with Crippen molar-refractivity contribution in [2.75, 3.05) is 26.2 Å². The first kappa shape index (κ1) is 17.0. The van der Waals surface area contributed by atoms with Crippen molar-refractivity contribution in [2.24, 2.45) is 5.73 Å². The molecule has 114 valence electrons. The highest BCUT2D eigenvalue weighted by Crippen LogP contribution is 2.22. The third-order valence-corrected chi connectivity index (χ3v) is 3.76. The van der Waals surface area contributed by atoms with E-state index in [1.807, 2.05) is 0 Å². The fourth-order valence-corrected chi connectivity index (χ4v) is 2.49. The maximum Gasteiger partial charge on any atom is 0.119 e. The zero-order chi connectivity index (χ0) is 14.8. The average Bonchev–Trinajstić information content (AvgIpc) is 2.50. The van der Waals surface area contributed by atoms with Crippen LogP contribution in [0.5, 0.6) is 5.75 Å². The van der Waals surface area contributed by atoms with Gasteiger partial charge in [0.1, 0.15) is 5.75 Å². The maximum absolute atomic E-state index is 5.94. The van der Waals surface area contributed by atoms with Crippen LogP contribution in [-0.4, -0.2) is 31.1 Å². The monoisotopic (exact) mass is 278 g/mol. The normalized spacial score (nSPS) is 12.7. The van der Waals surface area contributed by atoms with Gasteiger partial charge in [-0.3, -0.25) is 4.90 Å². The van der Waals surface area contributed by atoms with Crippen molar-refractivity contribution in [3.63, 3.8) is 0 Å². The predicted molar refractivity (Wildman–Crippen MR) is 86.2 cm³/mol. The van der Waals surface area contributed by atoms with Gasteiger partial charge in [0.15, 0.2) is 0 Å². The van der Waals surface area contributed by atoms with Gasteiger partial charge in [-0.15, -0.1) is 0 Å². The van der Waals surface area contributed by atoms with Crippen LogP contribution in [0.25, 0.3) is 0 Å². The van der Waals surface area contributed by atoms with E-state index >= 15 is 0 Å². The van der Waals surface area contributed by atoms with E-state index in [9.17, 15) is 0 Å². The van der Waals surface area contributed by atoms with Crippen LogP contribution in [0.1, 0.15) is 51.6 Å². The molecule has 0 saturated carbocycles. The van der Waals surface area contributed by atoms with Crippen LogP contribution in [-0.2, 0) is 0 Å². The molecule has 3 nitrogen and oxygen atoms in total. The topological polar surface area (TPSA) is 38.5 Å². The lowest BCUT2D eigenvalue weighted by atomic mass is 10.1. The van der Waals surface area contributed by atoms with Gasteiger partial charge < -0.3 is 10.5 Å². The zero-order valence-corrected chi connectivity index (χ0v) is 13.3. The van der Waals surface area contributed by atoms with Crippen molar-refractivity contribution in [2.45, 2.75) is 46.1 Å². The second kappa shape index (κ2) is 9.78. The zero-order valence-electron chi connectivity index (χ0n) is 13.3. The van der Waals surface area contributed by atoms with Gasteiger partial charge in [0.05, 0.1) is 6.61 Å². The fourth-order valence-electron chi connectivity index (χ4n) is 2.49. The van der Waals surface area contributed by atoms with Crippen LogP contribution in [0.3, 0.4) is 0 Å². The molecule has 1 aromatic rings. The van der Waals surface area contributed by atoms with Crippen molar-refractivity contribution in [1.29, 1.82) is 0 Å². The highest BCUT2D eigenvalue weighted by atomic mass is 16.5.